The van der Waals surface area contributed by atoms with Gasteiger partial charge in [-0.25, -0.2) is 4.98 Å². The summed E-state index contributed by atoms with van der Waals surface area (Å²) in [5, 5.41) is 13.8. The van der Waals surface area contributed by atoms with E-state index in [4.69, 9.17) is 10.8 Å². The van der Waals surface area contributed by atoms with Gasteiger partial charge in [-0.05, 0) is 18.4 Å². The molecule has 0 bridgehead atoms. The summed E-state index contributed by atoms with van der Waals surface area (Å²) in [6, 6.07) is 3.06. The number of thiazole rings is 1. The monoisotopic (exact) mass is 311 g/mol. The van der Waals surface area contributed by atoms with Crippen LogP contribution in [0.1, 0.15) is 32.7 Å². The highest BCUT2D eigenvalue weighted by Gasteiger charge is 2.22. The predicted molar refractivity (Wildman–Crippen MR) is 78.0 cm³/mol. The van der Waals surface area contributed by atoms with Gasteiger partial charge in [0.05, 0.1) is 18.2 Å². The van der Waals surface area contributed by atoms with Gasteiger partial charge in [0.15, 0.2) is 5.13 Å². The number of rotatable bonds is 5. The minimum absolute atomic E-state index is 0.167. The number of aryl methyl sites for hydroxylation is 1. The van der Waals surface area contributed by atoms with Crippen LogP contribution in [-0.2, 0) is 4.79 Å². The maximum absolute atomic E-state index is 12.2. The second-order valence-electron chi connectivity index (χ2n) is 4.11. The molecule has 106 valence electrons. The van der Waals surface area contributed by atoms with E-state index in [0.29, 0.717) is 15.7 Å². The zero-order valence-corrected chi connectivity index (χ0v) is 12.3. The average Bonchev–Trinajstić information content (AvgIpc) is 2.97. The van der Waals surface area contributed by atoms with E-state index in [0.717, 1.165) is 16.2 Å². The highest BCUT2D eigenvalue weighted by atomic mass is 32.1. The third kappa shape index (κ3) is 3.34. The number of carbonyl (C=O) groups is 2. The van der Waals surface area contributed by atoms with E-state index in [9.17, 15) is 9.59 Å². The van der Waals surface area contributed by atoms with Crippen LogP contribution in [0.3, 0.4) is 0 Å². The van der Waals surface area contributed by atoms with Crippen LogP contribution in [0.5, 0.6) is 0 Å². The van der Waals surface area contributed by atoms with Gasteiger partial charge < -0.3 is 16.2 Å². The Bertz CT molecular complexity index is 622. The lowest BCUT2D eigenvalue weighted by molar-refractivity contribution is -0.137. The maximum Gasteiger partial charge on any atom is 0.305 e. The summed E-state index contributed by atoms with van der Waals surface area (Å²) in [5.41, 5.74) is 6.11. The average molecular weight is 311 g/mol. The number of hydrogen-bond donors (Lipinski definition) is 3. The van der Waals surface area contributed by atoms with Crippen LogP contribution in [0.4, 0.5) is 5.13 Å². The van der Waals surface area contributed by atoms with Crippen molar-refractivity contribution >= 4 is 39.7 Å². The van der Waals surface area contributed by atoms with E-state index >= 15 is 0 Å². The number of carbonyl (C=O) groups excluding carboxylic acids is 1. The van der Waals surface area contributed by atoms with Crippen molar-refractivity contribution in [3.05, 3.63) is 33.0 Å². The first-order valence-corrected chi connectivity index (χ1v) is 7.46. The minimum atomic E-state index is -0.968. The number of aromatic nitrogens is 1. The summed E-state index contributed by atoms with van der Waals surface area (Å²) in [4.78, 5) is 28.3. The lowest BCUT2D eigenvalue weighted by Crippen LogP contribution is -2.29. The van der Waals surface area contributed by atoms with Gasteiger partial charge in [0.25, 0.3) is 5.91 Å². The molecule has 0 saturated heterocycles. The number of hydrogen-bond acceptors (Lipinski definition) is 6. The molecule has 2 rings (SSSR count). The van der Waals surface area contributed by atoms with E-state index in [1.165, 1.54) is 11.3 Å². The van der Waals surface area contributed by atoms with Gasteiger partial charge in [0, 0.05) is 4.88 Å². The molecule has 0 aromatic carbocycles. The zero-order valence-electron chi connectivity index (χ0n) is 10.6. The standard InChI is InChI=1S/C12H13N3O3S2/c1-6-10(20-12(13)14-6)11(18)15-7(5-9(16)17)8-3-2-4-19-8/h2-4,7H,5H2,1H3,(H2,13,14)(H,15,18)(H,16,17). The number of thiophene rings is 1. The Kier molecular flexibility index (Phi) is 4.35. The van der Waals surface area contributed by atoms with E-state index in [-0.39, 0.29) is 12.3 Å². The number of nitrogens with one attached hydrogen (secondary N) is 1. The molecule has 2 heterocycles. The predicted octanol–water partition coefficient (Wildman–Crippen LogP) is 2.04. The Morgan fingerprint density at radius 3 is 2.80 bits per heavy atom. The lowest BCUT2D eigenvalue weighted by atomic mass is 10.1. The molecule has 4 N–H and O–H groups in total. The Balaban J connectivity index is 2.17. The zero-order chi connectivity index (χ0) is 14.7. The Morgan fingerprint density at radius 1 is 1.55 bits per heavy atom. The van der Waals surface area contributed by atoms with Crippen LogP contribution in [0.25, 0.3) is 0 Å². The SMILES string of the molecule is Cc1nc(N)sc1C(=O)NC(CC(=O)O)c1cccs1. The largest absolute Gasteiger partial charge is 0.481 e. The fraction of sp³-hybridized carbons (Fsp3) is 0.250. The molecule has 6 nitrogen and oxygen atoms in total. The van der Waals surface area contributed by atoms with Crippen molar-refractivity contribution in [1.82, 2.24) is 10.3 Å². The van der Waals surface area contributed by atoms with Gasteiger partial charge >= 0.3 is 5.97 Å². The second-order valence-corrected chi connectivity index (χ2v) is 6.12. The summed E-state index contributed by atoms with van der Waals surface area (Å²) in [5.74, 6) is -1.32. The molecular formula is C12H13N3O3S2. The topological polar surface area (TPSA) is 105 Å². The van der Waals surface area contributed by atoms with Gasteiger partial charge in [-0.15, -0.1) is 11.3 Å². The molecule has 0 radical (unpaired) electrons. The highest BCUT2D eigenvalue weighted by molar-refractivity contribution is 7.17. The van der Waals surface area contributed by atoms with Crippen molar-refractivity contribution in [3.8, 4) is 0 Å². The van der Waals surface area contributed by atoms with Crippen molar-refractivity contribution in [1.29, 1.82) is 0 Å². The second kappa shape index (κ2) is 6.02. The molecule has 0 aliphatic carbocycles. The Hall–Kier alpha value is -1.93. The smallest absolute Gasteiger partial charge is 0.305 e. The molecule has 20 heavy (non-hydrogen) atoms. The number of nitrogen functional groups attached to an aromatic ring is 1. The van der Waals surface area contributed by atoms with E-state index in [2.05, 4.69) is 10.3 Å². The van der Waals surface area contributed by atoms with Crippen molar-refractivity contribution in [2.75, 3.05) is 5.73 Å². The van der Waals surface area contributed by atoms with Crippen LogP contribution in [0, 0.1) is 6.92 Å². The number of amides is 1. The number of carboxylic acids is 1. The minimum Gasteiger partial charge on any atom is -0.481 e. The van der Waals surface area contributed by atoms with Gasteiger partial charge in [0.2, 0.25) is 0 Å². The van der Waals surface area contributed by atoms with Crippen LogP contribution >= 0.6 is 22.7 Å². The van der Waals surface area contributed by atoms with Crippen LogP contribution in [-0.4, -0.2) is 22.0 Å². The summed E-state index contributed by atoms with van der Waals surface area (Å²) >= 11 is 2.50. The number of nitrogens with zero attached hydrogens (tertiary/aromatic N) is 1. The van der Waals surface area contributed by atoms with Crippen LogP contribution in [0.2, 0.25) is 0 Å². The number of carboxylic acid groups (broad SMARTS) is 1. The summed E-state index contributed by atoms with van der Waals surface area (Å²) < 4.78 is 0. The molecule has 2 aromatic heterocycles. The van der Waals surface area contributed by atoms with Gasteiger partial charge in [0.1, 0.15) is 4.88 Å². The van der Waals surface area contributed by atoms with E-state index in [1.807, 2.05) is 11.4 Å². The first-order chi connectivity index (χ1) is 9.47. The molecule has 2 aromatic rings. The molecule has 8 heteroatoms. The normalized spacial score (nSPS) is 12.1. The number of aliphatic carboxylic acids is 1. The van der Waals surface area contributed by atoms with Gasteiger partial charge in [-0.1, -0.05) is 17.4 Å². The van der Waals surface area contributed by atoms with Crippen molar-refractivity contribution in [2.45, 2.75) is 19.4 Å². The lowest BCUT2D eigenvalue weighted by Gasteiger charge is -2.15. The van der Waals surface area contributed by atoms with Crippen molar-refractivity contribution in [3.63, 3.8) is 0 Å². The quantitative estimate of drug-likeness (QED) is 0.783. The summed E-state index contributed by atoms with van der Waals surface area (Å²) in [7, 11) is 0. The first kappa shape index (κ1) is 14.5. The molecule has 0 aliphatic rings. The Labute approximate surface area is 123 Å². The van der Waals surface area contributed by atoms with Crippen LogP contribution < -0.4 is 11.1 Å². The molecule has 0 aliphatic heterocycles. The molecule has 1 unspecified atom stereocenters. The molecule has 0 saturated carbocycles. The fourth-order valence-corrected chi connectivity index (χ4v) is 3.25. The Morgan fingerprint density at radius 2 is 2.30 bits per heavy atom. The molecule has 1 amide bonds. The number of nitrogens with two attached hydrogens (primary N) is 1. The first-order valence-electron chi connectivity index (χ1n) is 5.76. The van der Waals surface area contributed by atoms with Gasteiger partial charge in [-0.2, -0.15) is 0 Å². The van der Waals surface area contributed by atoms with E-state index in [1.54, 1.807) is 13.0 Å². The van der Waals surface area contributed by atoms with Crippen LogP contribution in [0.15, 0.2) is 17.5 Å². The van der Waals surface area contributed by atoms with Crippen molar-refractivity contribution in [2.24, 2.45) is 0 Å². The fourth-order valence-electron chi connectivity index (χ4n) is 1.74. The number of anilines is 1. The summed E-state index contributed by atoms with van der Waals surface area (Å²) in [6.07, 6.45) is -0.167. The third-order valence-corrected chi connectivity index (χ3v) is 4.56. The molecule has 1 atom stereocenters. The highest BCUT2D eigenvalue weighted by Crippen LogP contribution is 2.25. The van der Waals surface area contributed by atoms with Gasteiger partial charge in [-0.3, -0.25) is 9.59 Å². The van der Waals surface area contributed by atoms with Crippen molar-refractivity contribution < 1.29 is 14.7 Å². The third-order valence-electron chi connectivity index (χ3n) is 2.59. The molecular weight excluding hydrogens is 298 g/mol. The van der Waals surface area contributed by atoms with E-state index < -0.39 is 12.0 Å². The maximum atomic E-state index is 12.2. The molecule has 0 spiro atoms. The summed E-state index contributed by atoms with van der Waals surface area (Å²) in [6.45, 7) is 1.69. The molecule has 0 fully saturated rings.